The van der Waals surface area contributed by atoms with Crippen LogP contribution in [0.1, 0.15) is 36.1 Å². The van der Waals surface area contributed by atoms with E-state index in [2.05, 4.69) is 38.2 Å². The van der Waals surface area contributed by atoms with Gasteiger partial charge in [-0.15, -0.1) is 0 Å². The summed E-state index contributed by atoms with van der Waals surface area (Å²) in [5.74, 6) is 0. The van der Waals surface area contributed by atoms with E-state index < -0.39 is 10.8 Å². The van der Waals surface area contributed by atoms with Crippen LogP contribution >= 0.6 is 0 Å². The Kier molecular flexibility index (Phi) is 3.17. The summed E-state index contributed by atoms with van der Waals surface area (Å²) in [6.45, 7) is 6.31. The van der Waals surface area contributed by atoms with Gasteiger partial charge < -0.3 is 5.32 Å². The Hall–Kier alpha value is -0.670. The van der Waals surface area contributed by atoms with Crippen molar-refractivity contribution in [2.45, 2.75) is 43.4 Å². The fourth-order valence-electron chi connectivity index (χ4n) is 2.44. The summed E-state index contributed by atoms with van der Waals surface area (Å²) in [7, 11) is 1.11. The molecule has 16 heavy (non-hydrogen) atoms. The van der Waals surface area contributed by atoms with Crippen molar-refractivity contribution in [1.29, 1.82) is 0 Å². The van der Waals surface area contributed by atoms with Crippen molar-refractivity contribution in [2.24, 2.45) is 0 Å². The molecule has 0 fully saturated rings. The Balaban J connectivity index is 2.57. The smallest absolute Gasteiger partial charge is 0.0587 e. The minimum atomic E-state index is -0.847. The van der Waals surface area contributed by atoms with E-state index in [-0.39, 0.29) is 11.3 Å². The monoisotopic (exact) mass is 237 g/mol. The third-order valence-electron chi connectivity index (χ3n) is 3.54. The van der Waals surface area contributed by atoms with E-state index in [4.69, 9.17) is 0 Å². The van der Waals surface area contributed by atoms with Crippen LogP contribution in [-0.4, -0.2) is 16.5 Å². The van der Waals surface area contributed by atoms with Crippen LogP contribution in [0.15, 0.2) is 17.0 Å². The molecule has 1 N–H and O–H groups in total. The van der Waals surface area contributed by atoms with E-state index in [0.717, 1.165) is 11.3 Å². The lowest BCUT2D eigenvalue weighted by molar-refractivity contribution is 0.552. The lowest BCUT2D eigenvalue weighted by atomic mass is 9.98. The molecule has 0 bridgehead atoms. The summed E-state index contributed by atoms with van der Waals surface area (Å²) >= 11 is 0. The first-order chi connectivity index (χ1) is 7.60. The topological polar surface area (TPSA) is 29.1 Å². The van der Waals surface area contributed by atoms with Crippen LogP contribution in [0, 0.1) is 13.8 Å². The van der Waals surface area contributed by atoms with E-state index in [0.29, 0.717) is 0 Å². The van der Waals surface area contributed by atoms with Crippen molar-refractivity contribution in [3.63, 3.8) is 0 Å². The van der Waals surface area contributed by atoms with Crippen molar-refractivity contribution in [2.75, 3.05) is 7.05 Å². The number of benzene rings is 1. The van der Waals surface area contributed by atoms with Gasteiger partial charge in [-0.3, -0.25) is 4.21 Å². The van der Waals surface area contributed by atoms with Gasteiger partial charge >= 0.3 is 0 Å². The Bertz CT molecular complexity index is 442. The molecule has 0 aromatic heterocycles. The van der Waals surface area contributed by atoms with E-state index in [1.165, 1.54) is 16.7 Å². The first kappa shape index (κ1) is 11.8. The van der Waals surface area contributed by atoms with Crippen LogP contribution in [0.3, 0.4) is 0 Å². The summed E-state index contributed by atoms with van der Waals surface area (Å²) in [5.41, 5.74) is 3.75. The third-order valence-corrected chi connectivity index (χ3v) is 5.48. The Morgan fingerprint density at radius 1 is 1.31 bits per heavy atom. The number of hydrogen-bond acceptors (Lipinski definition) is 2. The van der Waals surface area contributed by atoms with Crippen molar-refractivity contribution >= 4 is 10.8 Å². The molecule has 3 atom stereocenters. The van der Waals surface area contributed by atoms with Gasteiger partial charge in [0.2, 0.25) is 0 Å². The van der Waals surface area contributed by atoms with Gasteiger partial charge in [-0.2, -0.15) is 0 Å². The highest BCUT2D eigenvalue weighted by Crippen LogP contribution is 2.38. The van der Waals surface area contributed by atoms with Crippen LogP contribution in [0.5, 0.6) is 0 Å². The van der Waals surface area contributed by atoms with Gasteiger partial charge in [0.1, 0.15) is 0 Å². The molecular weight excluding hydrogens is 218 g/mol. The highest BCUT2D eigenvalue weighted by Gasteiger charge is 2.36. The molecule has 0 amide bonds. The molecule has 2 rings (SSSR count). The van der Waals surface area contributed by atoms with Gasteiger partial charge in [0, 0.05) is 10.9 Å². The van der Waals surface area contributed by atoms with E-state index in [1.54, 1.807) is 0 Å². The Labute approximate surface area is 99.9 Å². The van der Waals surface area contributed by atoms with Crippen molar-refractivity contribution in [3.05, 3.63) is 28.8 Å². The molecule has 0 saturated heterocycles. The van der Waals surface area contributed by atoms with Crippen LogP contribution < -0.4 is 5.32 Å². The average molecular weight is 237 g/mol. The minimum Gasteiger partial charge on any atom is -0.312 e. The number of aryl methyl sites for hydroxylation is 2. The molecule has 1 aliphatic heterocycles. The molecule has 1 aromatic carbocycles. The second-order valence-electron chi connectivity index (χ2n) is 4.48. The molecule has 0 spiro atoms. The highest BCUT2D eigenvalue weighted by molar-refractivity contribution is 7.86. The summed E-state index contributed by atoms with van der Waals surface area (Å²) in [5, 5.41) is 3.53. The van der Waals surface area contributed by atoms with Crippen molar-refractivity contribution < 1.29 is 4.21 Å². The SMILES string of the molecule is CCC1C(NC)c2cc(C)c(C)cc2S1=O. The maximum Gasteiger partial charge on any atom is 0.0587 e. The maximum absolute atomic E-state index is 12.3. The third kappa shape index (κ3) is 1.62. The molecule has 1 aliphatic rings. The lowest BCUT2D eigenvalue weighted by Gasteiger charge is -2.16. The van der Waals surface area contributed by atoms with Crippen LogP contribution in [-0.2, 0) is 10.8 Å². The first-order valence-electron chi connectivity index (χ1n) is 5.79. The molecule has 0 radical (unpaired) electrons. The van der Waals surface area contributed by atoms with Crippen LogP contribution in [0.25, 0.3) is 0 Å². The zero-order valence-corrected chi connectivity index (χ0v) is 11.1. The average Bonchev–Trinajstić information content (AvgIpc) is 2.52. The van der Waals surface area contributed by atoms with Crippen molar-refractivity contribution in [3.8, 4) is 0 Å². The molecular formula is C13H19NOS. The van der Waals surface area contributed by atoms with Gasteiger partial charge in [0.15, 0.2) is 0 Å². The largest absolute Gasteiger partial charge is 0.312 e. The fraction of sp³-hybridized carbons (Fsp3) is 0.538. The van der Waals surface area contributed by atoms with Crippen LogP contribution in [0.4, 0.5) is 0 Å². The molecule has 2 nitrogen and oxygen atoms in total. The van der Waals surface area contributed by atoms with Gasteiger partial charge in [-0.05, 0) is 50.1 Å². The summed E-state index contributed by atoms with van der Waals surface area (Å²) in [6.07, 6.45) is 0.949. The van der Waals surface area contributed by atoms with Gasteiger partial charge in [0.05, 0.1) is 16.0 Å². The highest BCUT2D eigenvalue weighted by atomic mass is 32.2. The number of nitrogens with one attached hydrogen (secondary N) is 1. The van der Waals surface area contributed by atoms with Gasteiger partial charge in [-0.1, -0.05) is 13.0 Å². The standard InChI is InChI=1S/C13H19NOS/c1-5-11-13(14-4)10-6-8(2)9(3)7-12(10)16(11)15/h6-7,11,13-14H,5H2,1-4H3. The number of rotatable bonds is 2. The molecule has 1 aromatic rings. The predicted molar refractivity (Wildman–Crippen MR) is 68.2 cm³/mol. The quantitative estimate of drug-likeness (QED) is 0.856. The molecule has 88 valence electrons. The summed E-state index contributed by atoms with van der Waals surface area (Å²) in [4.78, 5) is 1.04. The molecule has 3 unspecified atom stereocenters. The number of hydrogen-bond donors (Lipinski definition) is 1. The molecule has 0 saturated carbocycles. The van der Waals surface area contributed by atoms with E-state index in [9.17, 15) is 4.21 Å². The lowest BCUT2D eigenvalue weighted by Crippen LogP contribution is -2.26. The normalized spacial score (nSPS) is 28.1. The fourth-order valence-corrected chi connectivity index (χ4v) is 4.31. The van der Waals surface area contributed by atoms with E-state index in [1.807, 2.05) is 7.05 Å². The van der Waals surface area contributed by atoms with Gasteiger partial charge in [0.25, 0.3) is 0 Å². The maximum atomic E-state index is 12.3. The summed E-state index contributed by atoms with van der Waals surface area (Å²) < 4.78 is 12.3. The first-order valence-corrected chi connectivity index (χ1v) is 7.00. The second-order valence-corrected chi connectivity index (χ2v) is 6.12. The zero-order valence-electron chi connectivity index (χ0n) is 10.3. The Morgan fingerprint density at radius 2 is 1.94 bits per heavy atom. The van der Waals surface area contributed by atoms with Crippen molar-refractivity contribution in [1.82, 2.24) is 5.32 Å². The summed E-state index contributed by atoms with van der Waals surface area (Å²) in [6, 6.07) is 4.54. The zero-order chi connectivity index (χ0) is 11.9. The molecule has 0 aliphatic carbocycles. The number of fused-ring (bicyclic) bond motifs is 1. The Morgan fingerprint density at radius 3 is 2.50 bits per heavy atom. The molecule has 3 heteroatoms. The molecule has 1 heterocycles. The second kappa shape index (κ2) is 4.30. The van der Waals surface area contributed by atoms with Gasteiger partial charge in [-0.25, -0.2) is 0 Å². The van der Waals surface area contributed by atoms with E-state index >= 15 is 0 Å². The minimum absolute atomic E-state index is 0.223. The van der Waals surface area contributed by atoms with Crippen LogP contribution in [0.2, 0.25) is 0 Å². The predicted octanol–water partition coefficient (Wildman–Crippen LogP) is 2.46.